The average molecular weight is 383 g/mol. The van der Waals surface area contributed by atoms with E-state index in [-0.39, 0.29) is 28.3 Å². The number of hydrogen-bond acceptors (Lipinski definition) is 4. The van der Waals surface area contributed by atoms with E-state index in [0.29, 0.717) is 42.2 Å². The van der Waals surface area contributed by atoms with Crippen LogP contribution in [0, 0.1) is 34.5 Å². The molecule has 0 saturated heterocycles. The molecule has 4 saturated carbocycles. The third-order valence-corrected chi connectivity index (χ3v) is 9.37. The zero-order valence-electron chi connectivity index (χ0n) is 16.9. The van der Waals surface area contributed by atoms with Crippen LogP contribution in [0.5, 0.6) is 0 Å². The van der Waals surface area contributed by atoms with E-state index in [2.05, 4.69) is 13.8 Å². The summed E-state index contributed by atoms with van der Waals surface area (Å²) >= 11 is 0. The summed E-state index contributed by atoms with van der Waals surface area (Å²) in [5.74, 6) is 2.54. The number of rotatable bonds is 1. The molecule has 0 amide bonds. The third-order valence-electron chi connectivity index (χ3n) is 9.37. The minimum atomic E-state index is -0.328. The Morgan fingerprint density at radius 1 is 1.00 bits per heavy atom. The zero-order chi connectivity index (χ0) is 19.7. The predicted octanol–water partition coefficient (Wildman–Crippen LogP) is 4.51. The normalized spacial score (nSPS) is 45.3. The molecule has 4 heteroatoms. The van der Waals surface area contributed by atoms with Gasteiger partial charge in [-0.2, -0.15) is 0 Å². The van der Waals surface area contributed by atoms with Gasteiger partial charge in [-0.3, -0.25) is 9.59 Å². The van der Waals surface area contributed by atoms with Gasteiger partial charge in [0.25, 0.3) is 0 Å². The van der Waals surface area contributed by atoms with Gasteiger partial charge in [0, 0.05) is 31.2 Å². The van der Waals surface area contributed by atoms with Gasteiger partial charge in [0.05, 0.1) is 6.26 Å². The number of carbonyl (C=O) groups is 2. The van der Waals surface area contributed by atoms with Crippen LogP contribution in [-0.4, -0.2) is 11.6 Å². The lowest BCUT2D eigenvalue weighted by atomic mass is 9.44. The maximum Gasteiger partial charge on any atom is 0.335 e. The molecule has 0 bridgehead atoms. The molecular weight excluding hydrogens is 352 g/mol. The summed E-state index contributed by atoms with van der Waals surface area (Å²) in [7, 11) is 0. The van der Waals surface area contributed by atoms with E-state index in [4.69, 9.17) is 4.42 Å². The highest BCUT2D eigenvalue weighted by molar-refractivity contribution is 5.86. The first kappa shape index (κ1) is 18.3. The fourth-order valence-electron chi connectivity index (χ4n) is 7.95. The van der Waals surface area contributed by atoms with Crippen molar-refractivity contribution in [3.63, 3.8) is 0 Å². The quantitative estimate of drug-likeness (QED) is 0.717. The topological polar surface area (TPSA) is 64.3 Å². The van der Waals surface area contributed by atoms with Crippen molar-refractivity contribution in [2.24, 2.45) is 34.5 Å². The lowest BCUT2D eigenvalue weighted by molar-refractivity contribution is -0.146. The van der Waals surface area contributed by atoms with E-state index < -0.39 is 0 Å². The molecule has 1 aromatic rings. The van der Waals surface area contributed by atoms with Crippen LogP contribution < -0.4 is 5.63 Å². The molecular formula is C24H30O4. The maximum absolute atomic E-state index is 13.3. The average Bonchev–Trinajstić information content (AvgIpc) is 2.93. The van der Waals surface area contributed by atoms with E-state index >= 15 is 0 Å². The molecule has 4 nitrogen and oxygen atoms in total. The Balaban J connectivity index is 1.50. The molecule has 1 aromatic heterocycles. The molecule has 4 fully saturated rings. The second-order valence-electron chi connectivity index (χ2n) is 10.4. The molecule has 150 valence electrons. The Labute approximate surface area is 166 Å². The highest BCUT2D eigenvalue weighted by Gasteiger charge is 2.63. The van der Waals surface area contributed by atoms with Crippen LogP contribution in [0.25, 0.3) is 0 Å². The molecule has 4 aliphatic rings. The van der Waals surface area contributed by atoms with Crippen molar-refractivity contribution in [1.82, 2.24) is 0 Å². The van der Waals surface area contributed by atoms with Gasteiger partial charge in [0.15, 0.2) is 0 Å². The van der Waals surface area contributed by atoms with E-state index in [1.54, 1.807) is 6.07 Å². The lowest BCUT2D eigenvalue weighted by Crippen LogP contribution is -2.54. The van der Waals surface area contributed by atoms with E-state index in [9.17, 15) is 14.4 Å². The molecule has 0 aromatic carbocycles. The summed E-state index contributed by atoms with van der Waals surface area (Å²) in [6.45, 7) is 4.69. The number of ketones is 2. The molecule has 4 aliphatic carbocycles. The van der Waals surface area contributed by atoms with Gasteiger partial charge in [0.2, 0.25) is 0 Å². The summed E-state index contributed by atoms with van der Waals surface area (Å²) in [5.41, 5.74) is 0.783. The van der Waals surface area contributed by atoms with Crippen molar-refractivity contribution in [3.05, 3.63) is 34.4 Å². The SMILES string of the molecule is C[C@]12CCC(=O)CC1CCC1C2CC[C@]2(C)C(c3ccoc(=O)c3)CC(=O)[C@H]12. The Hall–Kier alpha value is -1.71. The number of fused-ring (bicyclic) bond motifs is 5. The summed E-state index contributed by atoms with van der Waals surface area (Å²) in [5, 5.41) is 0. The molecule has 28 heavy (non-hydrogen) atoms. The van der Waals surface area contributed by atoms with Crippen LogP contribution in [0.2, 0.25) is 0 Å². The van der Waals surface area contributed by atoms with Crippen LogP contribution >= 0.6 is 0 Å². The Morgan fingerprint density at radius 3 is 2.61 bits per heavy atom. The molecule has 0 radical (unpaired) electrons. The van der Waals surface area contributed by atoms with E-state index in [1.165, 1.54) is 6.26 Å². The molecule has 0 aliphatic heterocycles. The highest BCUT2D eigenvalue weighted by Crippen LogP contribution is 2.67. The first-order valence-corrected chi connectivity index (χ1v) is 11.0. The van der Waals surface area contributed by atoms with E-state index in [1.807, 2.05) is 6.07 Å². The van der Waals surface area contributed by atoms with Gasteiger partial charge in [-0.25, -0.2) is 4.79 Å². The number of hydrogen-bond donors (Lipinski definition) is 0. The van der Waals surface area contributed by atoms with Crippen molar-refractivity contribution in [2.75, 3.05) is 0 Å². The van der Waals surface area contributed by atoms with Gasteiger partial charge >= 0.3 is 5.63 Å². The second kappa shape index (κ2) is 6.14. The van der Waals surface area contributed by atoms with Crippen molar-refractivity contribution < 1.29 is 14.0 Å². The Bertz CT molecular complexity index is 885. The monoisotopic (exact) mass is 382 g/mol. The Morgan fingerprint density at radius 2 is 1.82 bits per heavy atom. The first-order valence-electron chi connectivity index (χ1n) is 11.0. The van der Waals surface area contributed by atoms with Crippen molar-refractivity contribution in [2.45, 2.75) is 71.1 Å². The van der Waals surface area contributed by atoms with Crippen LogP contribution in [0.1, 0.15) is 76.7 Å². The summed E-state index contributed by atoms with van der Waals surface area (Å²) < 4.78 is 4.92. The smallest absolute Gasteiger partial charge is 0.335 e. The van der Waals surface area contributed by atoms with Crippen LogP contribution in [0.3, 0.4) is 0 Å². The van der Waals surface area contributed by atoms with Crippen LogP contribution in [0.4, 0.5) is 0 Å². The zero-order valence-corrected chi connectivity index (χ0v) is 16.9. The van der Waals surface area contributed by atoms with Crippen LogP contribution in [-0.2, 0) is 9.59 Å². The standard InChI is InChI=1S/C24H30O4/c1-23-8-5-16(25)12-15(23)3-4-17-18(23)6-9-24(2)19(13-20(26)22(17)24)14-7-10-28-21(27)11-14/h7,10-11,15,17-19,22H,3-6,8-9,12-13H2,1-2H3/t15?,17?,18?,19?,22-,23-,24+/m0/s1. The molecule has 1 heterocycles. The number of carbonyl (C=O) groups excluding carboxylic acids is 2. The fraction of sp³-hybridized carbons (Fsp3) is 0.708. The van der Waals surface area contributed by atoms with Gasteiger partial charge in [0.1, 0.15) is 11.6 Å². The summed E-state index contributed by atoms with van der Waals surface area (Å²) in [4.78, 5) is 37.1. The van der Waals surface area contributed by atoms with E-state index in [0.717, 1.165) is 44.1 Å². The lowest BCUT2D eigenvalue weighted by Gasteiger charge is -2.59. The molecule has 0 spiro atoms. The van der Waals surface area contributed by atoms with Gasteiger partial charge in [-0.15, -0.1) is 0 Å². The summed E-state index contributed by atoms with van der Waals surface area (Å²) in [6.07, 6.45) is 8.82. The van der Waals surface area contributed by atoms with Gasteiger partial charge < -0.3 is 4.42 Å². The molecule has 5 rings (SSSR count). The minimum absolute atomic E-state index is 0.0697. The fourth-order valence-corrected chi connectivity index (χ4v) is 7.95. The van der Waals surface area contributed by atoms with Crippen molar-refractivity contribution >= 4 is 11.6 Å². The van der Waals surface area contributed by atoms with Gasteiger partial charge in [-0.1, -0.05) is 13.8 Å². The highest BCUT2D eigenvalue weighted by atomic mass is 16.4. The Kier molecular flexibility index (Phi) is 4.02. The van der Waals surface area contributed by atoms with Crippen LogP contribution in [0.15, 0.2) is 27.6 Å². The first-order chi connectivity index (χ1) is 13.3. The number of Topliss-reactive ketones (excluding diaryl/α,β-unsaturated/α-hetero) is 2. The van der Waals surface area contributed by atoms with Crippen molar-refractivity contribution in [3.8, 4) is 0 Å². The molecule has 4 unspecified atom stereocenters. The molecule has 7 atom stereocenters. The van der Waals surface area contributed by atoms with Gasteiger partial charge in [-0.05, 0) is 78.2 Å². The largest absolute Gasteiger partial charge is 0.431 e. The summed E-state index contributed by atoms with van der Waals surface area (Å²) in [6, 6.07) is 3.46. The minimum Gasteiger partial charge on any atom is -0.431 e. The third kappa shape index (κ3) is 2.45. The predicted molar refractivity (Wildman–Crippen MR) is 105 cm³/mol. The molecule has 0 N–H and O–H groups in total. The van der Waals surface area contributed by atoms with Crippen molar-refractivity contribution in [1.29, 1.82) is 0 Å². The maximum atomic E-state index is 13.3. The second-order valence-corrected chi connectivity index (χ2v) is 10.4.